The van der Waals surface area contributed by atoms with E-state index in [-0.39, 0.29) is 12.1 Å². The van der Waals surface area contributed by atoms with Crippen molar-refractivity contribution in [3.63, 3.8) is 0 Å². The second-order valence-corrected chi connectivity index (χ2v) is 9.12. The molecular formula is C26H26N3O9S-. The number of rotatable bonds is 10. The number of carboxylic acid groups (broad SMARTS) is 1. The van der Waals surface area contributed by atoms with Gasteiger partial charge in [-0.3, -0.25) is 8.51 Å². The lowest BCUT2D eigenvalue weighted by Crippen LogP contribution is -2.42. The molecule has 0 aliphatic heterocycles. The summed E-state index contributed by atoms with van der Waals surface area (Å²) in [6, 6.07) is 11.0. The van der Waals surface area contributed by atoms with Crippen LogP contribution in [0.4, 0.5) is 21.9 Å². The molecule has 2 unspecified atom stereocenters. The molecule has 206 valence electrons. The molecule has 39 heavy (non-hydrogen) atoms. The number of ether oxygens (including phenoxy) is 3. The Morgan fingerprint density at radius 1 is 0.949 bits per heavy atom. The molecule has 2 atom stereocenters. The van der Waals surface area contributed by atoms with E-state index >= 15 is 0 Å². The Hall–Kier alpha value is -4.49. The Bertz CT molecular complexity index is 1540. The zero-order valence-electron chi connectivity index (χ0n) is 21.5. The first-order valence-corrected chi connectivity index (χ1v) is 12.7. The molecule has 3 N–H and O–H groups in total. The molecule has 0 radical (unpaired) electrons. The monoisotopic (exact) mass is 556 g/mol. The van der Waals surface area contributed by atoms with Crippen LogP contribution >= 0.6 is 0 Å². The summed E-state index contributed by atoms with van der Waals surface area (Å²) >= 11 is -2.81. The summed E-state index contributed by atoms with van der Waals surface area (Å²) in [5, 5.41) is 16.2. The standard InChI is InChI=1S/C26H27N3O9S/c1-5-19(25(30)31)29(39(33)34)16-7-9-20-18(13-16)17-8-6-14(10-21(17)38-20)27-26(32)28-15-11-22(35-2)24(37-4)23(12-15)36-3/h6-13,19H,5H2,1-4H3,(H,30,31)(H,33,34)(H2,27,28,32)/p-1. The number of urea groups is 1. The molecule has 4 aromatic rings. The number of nitrogens with zero attached hydrogens (tertiary/aromatic N) is 1. The first kappa shape index (κ1) is 27.5. The first-order valence-electron chi connectivity index (χ1n) is 11.7. The van der Waals surface area contributed by atoms with Crippen molar-refractivity contribution in [2.75, 3.05) is 36.3 Å². The lowest BCUT2D eigenvalue weighted by atomic mass is 10.1. The topological polar surface area (TPSA) is 163 Å². The number of fused-ring (bicyclic) bond motifs is 3. The van der Waals surface area contributed by atoms with E-state index in [0.717, 1.165) is 4.31 Å². The fourth-order valence-corrected chi connectivity index (χ4v) is 4.97. The maximum atomic E-state index is 12.7. The van der Waals surface area contributed by atoms with Crippen molar-refractivity contribution >= 4 is 62.3 Å². The van der Waals surface area contributed by atoms with Gasteiger partial charge in [0.2, 0.25) is 5.75 Å². The van der Waals surface area contributed by atoms with E-state index in [4.69, 9.17) is 18.6 Å². The lowest BCUT2D eigenvalue weighted by Gasteiger charge is -2.31. The fourth-order valence-electron chi connectivity index (χ4n) is 4.24. The van der Waals surface area contributed by atoms with Gasteiger partial charge in [-0.1, -0.05) is 6.92 Å². The quantitative estimate of drug-likeness (QED) is 0.235. The molecule has 13 heteroatoms. The van der Waals surface area contributed by atoms with E-state index in [1.165, 1.54) is 27.4 Å². The van der Waals surface area contributed by atoms with Gasteiger partial charge in [0.1, 0.15) is 17.2 Å². The van der Waals surface area contributed by atoms with Crippen LogP contribution in [-0.4, -0.2) is 53.2 Å². The number of nitrogens with one attached hydrogen (secondary N) is 2. The fraction of sp³-hybridized carbons (Fsp3) is 0.231. The third-order valence-corrected chi connectivity index (χ3v) is 6.79. The van der Waals surface area contributed by atoms with Crippen LogP contribution in [0.15, 0.2) is 52.9 Å². The highest BCUT2D eigenvalue weighted by molar-refractivity contribution is 7.80. The number of hydrogen-bond acceptors (Lipinski definition) is 8. The van der Waals surface area contributed by atoms with Crippen molar-refractivity contribution in [1.29, 1.82) is 0 Å². The Labute approximate surface area is 225 Å². The summed E-state index contributed by atoms with van der Waals surface area (Å²) < 4.78 is 46.4. The zero-order valence-corrected chi connectivity index (χ0v) is 22.3. The van der Waals surface area contributed by atoms with Gasteiger partial charge in [0.05, 0.1) is 32.7 Å². The number of methoxy groups -OCH3 is 3. The van der Waals surface area contributed by atoms with Gasteiger partial charge >= 0.3 is 12.0 Å². The summed E-state index contributed by atoms with van der Waals surface area (Å²) in [5.41, 5.74) is 1.94. The van der Waals surface area contributed by atoms with E-state index in [9.17, 15) is 23.5 Å². The average Bonchev–Trinajstić information content (AvgIpc) is 3.27. The Balaban J connectivity index is 1.60. The molecule has 0 aliphatic rings. The van der Waals surface area contributed by atoms with Crippen molar-refractivity contribution in [3.05, 3.63) is 48.5 Å². The van der Waals surface area contributed by atoms with Crippen molar-refractivity contribution in [2.45, 2.75) is 19.4 Å². The predicted molar refractivity (Wildman–Crippen MR) is 146 cm³/mol. The summed E-state index contributed by atoms with van der Waals surface area (Å²) in [6.45, 7) is 1.59. The Kier molecular flexibility index (Phi) is 8.12. The molecule has 0 aliphatic carbocycles. The van der Waals surface area contributed by atoms with Crippen LogP contribution < -0.4 is 29.1 Å². The van der Waals surface area contributed by atoms with Gasteiger partial charge in [-0.2, -0.15) is 0 Å². The number of hydrogen-bond donors (Lipinski definition) is 3. The predicted octanol–water partition coefficient (Wildman–Crippen LogP) is 4.72. The third kappa shape index (κ3) is 5.54. The molecular weight excluding hydrogens is 530 g/mol. The minimum Gasteiger partial charge on any atom is -0.755 e. The summed E-state index contributed by atoms with van der Waals surface area (Å²) in [6.07, 6.45) is 0.0840. The van der Waals surface area contributed by atoms with Gasteiger partial charge in [0.15, 0.2) is 11.5 Å². The molecule has 1 heterocycles. The molecule has 3 aromatic carbocycles. The number of carbonyl (C=O) groups excluding carboxylic acids is 1. The number of furan rings is 1. The van der Waals surface area contributed by atoms with E-state index < -0.39 is 29.3 Å². The van der Waals surface area contributed by atoms with E-state index in [1.54, 1.807) is 49.4 Å². The number of amides is 2. The van der Waals surface area contributed by atoms with Crippen LogP contribution in [-0.2, 0) is 16.1 Å². The summed E-state index contributed by atoms with van der Waals surface area (Å²) in [7, 11) is 4.42. The molecule has 0 bridgehead atoms. The van der Waals surface area contributed by atoms with Gasteiger partial charge in [-0.25, -0.2) is 9.59 Å². The zero-order chi connectivity index (χ0) is 28.3. The van der Waals surface area contributed by atoms with Crippen LogP contribution in [0, 0.1) is 0 Å². The Morgan fingerprint density at radius 2 is 1.62 bits per heavy atom. The molecule has 12 nitrogen and oxygen atoms in total. The first-order chi connectivity index (χ1) is 18.7. The number of aliphatic carboxylic acids is 1. The van der Waals surface area contributed by atoms with Crippen molar-refractivity contribution < 1.29 is 42.1 Å². The van der Waals surface area contributed by atoms with Crippen molar-refractivity contribution in [3.8, 4) is 17.2 Å². The molecule has 2 amide bonds. The van der Waals surface area contributed by atoms with Gasteiger partial charge in [-0.15, -0.1) is 0 Å². The van der Waals surface area contributed by atoms with Crippen molar-refractivity contribution in [1.82, 2.24) is 0 Å². The molecule has 1 aromatic heterocycles. The number of carboxylic acids is 1. The lowest BCUT2D eigenvalue weighted by molar-refractivity contribution is -0.138. The highest BCUT2D eigenvalue weighted by atomic mass is 32.2. The molecule has 0 saturated carbocycles. The van der Waals surface area contributed by atoms with Gasteiger partial charge in [0.25, 0.3) is 0 Å². The largest absolute Gasteiger partial charge is 0.755 e. The van der Waals surface area contributed by atoms with Crippen LogP contribution in [0.3, 0.4) is 0 Å². The van der Waals surface area contributed by atoms with E-state index in [2.05, 4.69) is 10.6 Å². The number of benzene rings is 3. The van der Waals surface area contributed by atoms with Gasteiger partial charge < -0.3 is 38.9 Å². The van der Waals surface area contributed by atoms with Crippen molar-refractivity contribution in [2.24, 2.45) is 0 Å². The van der Waals surface area contributed by atoms with Gasteiger partial charge in [-0.05, 0) is 36.8 Å². The second-order valence-electron chi connectivity index (χ2n) is 8.29. The SMILES string of the molecule is CCC(C(=O)O)N(c1ccc2oc3cc(NC(=O)Nc4cc(OC)c(OC)c(OC)c4)ccc3c2c1)S(=O)[O-]. The molecule has 4 rings (SSSR count). The summed E-state index contributed by atoms with van der Waals surface area (Å²) in [4.78, 5) is 24.3. The minimum atomic E-state index is -2.81. The minimum absolute atomic E-state index is 0.0840. The highest BCUT2D eigenvalue weighted by Crippen LogP contribution is 2.40. The van der Waals surface area contributed by atoms with E-state index in [0.29, 0.717) is 50.6 Å². The highest BCUT2D eigenvalue weighted by Gasteiger charge is 2.26. The average molecular weight is 557 g/mol. The maximum Gasteiger partial charge on any atom is 0.327 e. The molecule has 0 spiro atoms. The smallest absolute Gasteiger partial charge is 0.327 e. The Morgan fingerprint density at radius 3 is 2.18 bits per heavy atom. The number of anilines is 3. The normalized spacial score (nSPS) is 12.5. The van der Waals surface area contributed by atoms with Crippen LogP contribution in [0.5, 0.6) is 17.2 Å². The van der Waals surface area contributed by atoms with Crippen LogP contribution in [0.2, 0.25) is 0 Å². The number of carbonyl (C=O) groups is 2. The van der Waals surface area contributed by atoms with Crippen LogP contribution in [0.25, 0.3) is 21.9 Å². The second kappa shape index (κ2) is 11.5. The van der Waals surface area contributed by atoms with Crippen LogP contribution in [0.1, 0.15) is 13.3 Å². The van der Waals surface area contributed by atoms with E-state index in [1.807, 2.05) is 0 Å². The maximum absolute atomic E-state index is 12.7. The summed E-state index contributed by atoms with van der Waals surface area (Å²) in [5.74, 6) is -0.104. The van der Waals surface area contributed by atoms with Gasteiger partial charge in [0, 0.05) is 45.9 Å². The molecule has 0 fully saturated rings. The molecule has 0 saturated heterocycles. The third-order valence-electron chi connectivity index (χ3n) is 6.01.